The number of sulfonamides is 1. The van der Waals surface area contributed by atoms with Crippen molar-refractivity contribution in [3.63, 3.8) is 0 Å². The lowest BCUT2D eigenvalue weighted by Gasteiger charge is -2.18. The molecule has 0 radical (unpaired) electrons. The third-order valence-corrected chi connectivity index (χ3v) is 3.90. The molecule has 0 amide bonds. The number of hydrazone groups is 1. The van der Waals surface area contributed by atoms with Gasteiger partial charge >= 0.3 is 0 Å². The lowest BCUT2D eigenvalue weighted by molar-refractivity contribution is -0.0542. The van der Waals surface area contributed by atoms with E-state index in [4.69, 9.17) is 10.2 Å². The van der Waals surface area contributed by atoms with Crippen LogP contribution in [0.2, 0.25) is 0 Å². The molecule has 5 N–H and O–H groups in total. The zero-order valence-electron chi connectivity index (χ0n) is 11.3. The molecule has 0 bridgehead atoms. The van der Waals surface area contributed by atoms with Crippen LogP contribution in [0.15, 0.2) is 34.3 Å². The molecule has 118 valence electrons. The molecule has 0 heterocycles. The van der Waals surface area contributed by atoms with Crippen LogP contribution in [-0.2, 0) is 10.0 Å². The van der Waals surface area contributed by atoms with Crippen molar-refractivity contribution >= 4 is 16.2 Å². The zero-order valence-corrected chi connectivity index (χ0v) is 12.1. The Balaban J connectivity index is 2.69. The molecule has 0 aliphatic heterocycles. The Bertz CT molecular complexity index is 572. The maximum atomic E-state index is 11.8. The van der Waals surface area contributed by atoms with Crippen molar-refractivity contribution in [3.8, 4) is 0 Å². The van der Waals surface area contributed by atoms with Gasteiger partial charge in [0, 0.05) is 0 Å². The lowest BCUT2D eigenvalue weighted by atomic mass is 10.1. The van der Waals surface area contributed by atoms with E-state index in [9.17, 15) is 18.6 Å². The molecule has 8 nitrogen and oxygen atoms in total. The van der Waals surface area contributed by atoms with E-state index in [0.717, 1.165) is 11.8 Å². The van der Waals surface area contributed by atoms with Gasteiger partial charge in [-0.05, 0) is 19.1 Å². The summed E-state index contributed by atoms with van der Waals surface area (Å²) >= 11 is 0. The fraction of sp³-hybridized carbons (Fsp3) is 0.417. The second kappa shape index (κ2) is 7.48. The fourth-order valence-corrected chi connectivity index (χ4v) is 2.17. The predicted octanol–water partition coefficient (Wildman–Crippen LogP) is -1.67. The van der Waals surface area contributed by atoms with Crippen molar-refractivity contribution in [3.05, 3.63) is 29.8 Å². The first-order valence-electron chi connectivity index (χ1n) is 6.04. The molecule has 0 saturated carbocycles. The normalized spacial score (nSPS) is 16.6. The average Bonchev–Trinajstić information content (AvgIpc) is 2.45. The number of hydrogen-bond acceptors (Lipinski definition) is 7. The summed E-state index contributed by atoms with van der Waals surface area (Å²) in [6.07, 6.45) is -4.15. The van der Waals surface area contributed by atoms with Gasteiger partial charge in [-0.1, -0.05) is 17.7 Å². The van der Waals surface area contributed by atoms with Crippen LogP contribution in [0.5, 0.6) is 0 Å². The molecule has 0 spiro atoms. The topological polar surface area (TPSA) is 139 Å². The lowest BCUT2D eigenvalue weighted by Crippen LogP contribution is -2.40. The van der Waals surface area contributed by atoms with Crippen LogP contribution >= 0.6 is 0 Å². The van der Waals surface area contributed by atoms with Crippen molar-refractivity contribution < 1.29 is 28.8 Å². The molecule has 0 aliphatic carbocycles. The molecule has 1 aromatic carbocycles. The van der Waals surface area contributed by atoms with E-state index < -0.39 is 34.9 Å². The quantitative estimate of drug-likeness (QED) is 0.301. The van der Waals surface area contributed by atoms with Crippen molar-refractivity contribution in [1.82, 2.24) is 4.83 Å². The van der Waals surface area contributed by atoms with Crippen LogP contribution in [0, 0.1) is 6.92 Å². The molecule has 21 heavy (non-hydrogen) atoms. The summed E-state index contributed by atoms with van der Waals surface area (Å²) in [7, 11) is -3.88. The summed E-state index contributed by atoms with van der Waals surface area (Å²) in [6, 6.07) is 6.03. The highest BCUT2D eigenvalue weighted by Gasteiger charge is 2.22. The van der Waals surface area contributed by atoms with Gasteiger partial charge in [0.1, 0.15) is 18.3 Å². The van der Waals surface area contributed by atoms with Crippen LogP contribution in [0.4, 0.5) is 0 Å². The van der Waals surface area contributed by atoms with Gasteiger partial charge in [0.2, 0.25) is 0 Å². The summed E-state index contributed by atoms with van der Waals surface area (Å²) in [5.41, 5.74) is 0.897. The number of benzene rings is 1. The van der Waals surface area contributed by atoms with Gasteiger partial charge in [-0.2, -0.15) is 13.5 Å². The molecule has 0 saturated heterocycles. The highest BCUT2D eigenvalue weighted by molar-refractivity contribution is 7.89. The molecule has 1 aromatic rings. The Hall–Kier alpha value is -1.52. The van der Waals surface area contributed by atoms with E-state index in [1.165, 1.54) is 12.1 Å². The van der Waals surface area contributed by atoms with E-state index in [2.05, 4.69) is 5.10 Å². The number of rotatable bonds is 7. The standard InChI is InChI=1S/C12H18N2O6S/c1-8-2-4-9(5-3-8)21(19,20)14-13-6-10(16)12(18)11(17)7-15/h2-6,10-12,14-18H,7H2,1H3/b13-6+/t10-,11+,12-/m0/s1. The molecule has 0 unspecified atom stereocenters. The summed E-state index contributed by atoms with van der Waals surface area (Å²) in [6.45, 7) is 1.06. The van der Waals surface area contributed by atoms with Crippen LogP contribution in [0.25, 0.3) is 0 Å². The van der Waals surface area contributed by atoms with Gasteiger partial charge < -0.3 is 20.4 Å². The zero-order chi connectivity index (χ0) is 16.0. The van der Waals surface area contributed by atoms with Crippen molar-refractivity contribution in [2.45, 2.75) is 30.1 Å². The number of nitrogens with zero attached hydrogens (tertiary/aromatic N) is 1. The van der Waals surface area contributed by atoms with E-state index in [0.29, 0.717) is 0 Å². The van der Waals surface area contributed by atoms with Gasteiger partial charge in [0.15, 0.2) is 0 Å². The van der Waals surface area contributed by atoms with Gasteiger partial charge in [-0.15, -0.1) is 0 Å². The highest BCUT2D eigenvalue weighted by Crippen LogP contribution is 2.09. The van der Waals surface area contributed by atoms with Crippen molar-refractivity contribution in [2.75, 3.05) is 6.61 Å². The first-order chi connectivity index (χ1) is 9.77. The predicted molar refractivity (Wildman–Crippen MR) is 75.1 cm³/mol. The van der Waals surface area contributed by atoms with Crippen molar-refractivity contribution in [1.29, 1.82) is 0 Å². The van der Waals surface area contributed by atoms with E-state index in [1.807, 2.05) is 11.8 Å². The number of aryl methyl sites for hydroxylation is 1. The first-order valence-corrected chi connectivity index (χ1v) is 7.53. The van der Waals surface area contributed by atoms with E-state index in [-0.39, 0.29) is 4.90 Å². The van der Waals surface area contributed by atoms with Gasteiger partial charge in [-0.25, -0.2) is 4.83 Å². The highest BCUT2D eigenvalue weighted by atomic mass is 32.2. The Morgan fingerprint density at radius 1 is 1.24 bits per heavy atom. The number of aliphatic hydroxyl groups excluding tert-OH is 4. The minimum atomic E-state index is -3.88. The van der Waals surface area contributed by atoms with Crippen LogP contribution < -0.4 is 4.83 Å². The maximum absolute atomic E-state index is 11.8. The van der Waals surface area contributed by atoms with Gasteiger partial charge in [0.05, 0.1) is 17.7 Å². The summed E-state index contributed by atoms with van der Waals surface area (Å²) in [5, 5.41) is 39.8. The summed E-state index contributed by atoms with van der Waals surface area (Å²) in [4.78, 5) is 1.86. The van der Waals surface area contributed by atoms with Crippen LogP contribution in [-0.4, -0.2) is 60.0 Å². The third-order valence-electron chi connectivity index (χ3n) is 2.66. The number of hydrogen-bond donors (Lipinski definition) is 5. The van der Waals surface area contributed by atoms with Crippen LogP contribution in [0.3, 0.4) is 0 Å². The van der Waals surface area contributed by atoms with Crippen LogP contribution in [0.1, 0.15) is 5.56 Å². The largest absolute Gasteiger partial charge is 0.394 e. The van der Waals surface area contributed by atoms with Gasteiger partial charge in [0.25, 0.3) is 10.0 Å². The fourth-order valence-electron chi connectivity index (χ4n) is 1.37. The second-order valence-corrected chi connectivity index (χ2v) is 6.08. The minimum Gasteiger partial charge on any atom is -0.394 e. The average molecular weight is 318 g/mol. The molecule has 9 heteroatoms. The monoisotopic (exact) mass is 318 g/mol. The molecular formula is C12H18N2O6S. The Morgan fingerprint density at radius 2 is 1.81 bits per heavy atom. The molecule has 0 fully saturated rings. The number of aliphatic hydroxyl groups is 4. The smallest absolute Gasteiger partial charge is 0.276 e. The molecule has 3 atom stereocenters. The minimum absolute atomic E-state index is 0.00400. The Morgan fingerprint density at radius 3 is 2.33 bits per heavy atom. The third kappa shape index (κ3) is 5.06. The first kappa shape index (κ1) is 17.5. The van der Waals surface area contributed by atoms with Gasteiger partial charge in [-0.3, -0.25) is 0 Å². The molecule has 0 aliphatic rings. The molecule has 1 rings (SSSR count). The second-order valence-electron chi connectivity index (χ2n) is 4.42. The molecule has 0 aromatic heterocycles. The summed E-state index contributed by atoms with van der Waals surface area (Å²) in [5.74, 6) is 0. The summed E-state index contributed by atoms with van der Waals surface area (Å²) < 4.78 is 23.7. The molecular weight excluding hydrogens is 300 g/mol. The van der Waals surface area contributed by atoms with Crippen molar-refractivity contribution in [2.24, 2.45) is 5.10 Å². The maximum Gasteiger partial charge on any atom is 0.276 e. The number of nitrogens with one attached hydrogen (secondary N) is 1. The Labute approximate surface area is 122 Å². The van der Waals surface area contributed by atoms with E-state index >= 15 is 0 Å². The SMILES string of the molecule is Cc1ccc(S(=O)(=O)N/N=C/[C@H](O)[C@H](O)[C@H](O)CO)cc1. The Kier molecular flexibility index (Phi) is 6.24. The van der Waals surface area contributed by atoms with E-state index in [1.54, 1.807) is 12.1 Å².